The predicted molar refractivity (Wildman–Crippen MR) is 101 cm³/mol. The third-order valence-electron chi connectivity index (χ3n) is 4.67. The molecule has 1 aliphatic carbocycles. The summed E-state index contributed by atoms with van der Waals surface area (Å²) in [6, 6.07) is 8.57. The van der Waals surface area contributed by atoms with Crippen molar-refractivity contribution in [3.05, 3.63) is 52.4 Å². The maximum Gasteiger partial charge on any atom is 0.227 e. The summed E-state index contributed by atoms with van der Waals surface area (Å²) in [5, 5.41) is 6.70. The number of carbonyl (C=O) groups excluding carboxylic acids is 2. The van der Waals surface area contributed by atoms with Crippen molar-refractivity contribution >= 4 is 40.7 Å². The van der Waals surface area contributed by atoms with E-state index in [-0.39, 0.29) is 23.7 Å². The Kier molecular flexibility index (Phi) is 6.22. The molecule has 0 spiro atoms. The predicted octanol–water partition coefficient (Wildman–Crippen LogP) is 4.65. The van der Waals surface area contributed by atoms with Crippen molar-refractivity contribution in [2.45, 2.75) is 32.2 Å². The van der Waals surface area contributed by atoms with Crippen LogP contribution in [0.25, 0.3) is 0 Å². The second-order valence-corrected chi connectivity index (χ2v) is 7.30. The van der Waals surface area contributed by atoms with Crippen molar-refractivity contribution in [3.8, 4) is 0 Å². The quantitative estimate of drug-likeness (QED) is 0.774. The molecule has 0 atom stereocenters. The number of hydrogen-bond donors (Lipinski definition) is 2. The van der Waals surface area contributed by atoms with Crippen LogP contribution < -0.4 is 10.6 Å². The summed E-state index contributed by atoms with van der Waals surface area (Å²) in [5.41, 5.74) is 0.516. The molecule has 1 aromatic carbocycles. The van der Waals surface area contributed by atoms with Crippen LogP contribution in [0, 0.1) is 11.8 Å². The fourth-order valence-electron chi connectivity index (χ4n) is 3.18. The zero-order valence-electron chi connectivity index (χ0n) is 14.1. The Labute approximate surface area is 162 Å². The minimum absolute atomic E-state index is 0.0122. The van der Waals surface area contributed by atoms with Crippen molar-refractivity contribution < 1.29 is 14.0 Å². The molecule has 5 nitrogen and oxygen atoms in total. The number of nitrogens with one attached hydrogen (secondary N) is 2. The van der Waals surface area contributed by atoms with Crippen LogP contribution in [-0.2, 0) is 16.1 Å². The first-order chi connectivity index (χ1) is 12.5. The van der Waals surface area contributed by atoms with Gasteiger partial charge in [-0.05, 0) is 56.0 Å². The third-order valence-corrected chi connectivity index (χ3v) is 5.24. The van der Waals surface area contributed by atoms with Crippen molar-refractivity contribution in [1.82, 2.24) is 5.32 Å². The summed E-state index contributed by atoms with van der Waals surface area (Å²) in [5.74, 6) is 0.467. The average Bonchev–Trinajstić information content (AvgIpc) is 3.16. The first-order valence-corrected chi connectivity index (χ1v) is 9.34. The molecule has 1 aliphatic rings. The van der Waals surface area contributed by atoms with Crippen LogP contribution in [0.15, 0.2) is 41.0 Å². The van der Waals surface area contributed by atoms with Crippen LogP contribution in [0.1, 0.15) is 31.4 Å². The Bertz CT molecular complexity index is 769. The van der Waals surface area contributed by atoms with Crippen molar-refractivity contribution in [1.29, 1.82) is 0 Å². The molecule has 1 saturated carbocycles. The highest BCUT2D eigenvalue weighted by atomic mass is 35.5. The molecule has 2 N–H and O–H groups in total. The van der Waals surface area contributed by atoms with Gasteiger partial charge in [0.05, 0.1) is 23.5 Å². The summed E-state index contributed by atoms with van der Waals surface area (Å²) in [4.78, 5) is 24.7. The molecule has 26 heavy (non-hydrogen) atoms. The topological polar surface area (TPSA) is 71.3 Å². The summed E-state index contributed by atoms with van der Waals surface area (Å²) < 4.78 is 5.21. The normalized spacial score (nSPS) is 19.8. The minimum Gasteiger partial charge on any atom is -0.467 e. The van der Waals surface area contributed by atoms with Gasteiger partial charge in [-0.1, -0.05) is 23.2 Å². The van der Waals surface area contributed by atoms with E-state index in [1.54, 1.807) is 30.5 Å². The second kappa shape index (κ2) is 8.60. The molecular weight excluding hydrogens is 375 g/mol. The molecule has 1 aromatic heterocycles. The summed E-state index contributed by atoms with van der Waals surface area (Å²) in [7, 11) is 0. The van der Waals surface area contributed by atoms with Gasteiger partial charge in [0.2, 0.25) is 11.8 Å². The third kappa shape index (κ3) is 4.80. The zero-order chi connectivity index (χ0) is 18.5. The van der Waals surface area contributed by atoms with E-state index < -0.39 is 0 Å². The maximum atomic E-state index is 12.5. The van der Waals surface area contributed by atoms with Crippen molar-refractivity contribution in [3.63, 3.8) is 0 Å². The molecule has 7 heteroatoms. The van der Waals surface area contributed by atoms with Gasteiger partial charge >= 0.3 is 0 Å². The van der Waals surface area contributed by atoms with E-state index in [0.29, 0.717) is 48.0 Å². The van der Waals surface area contributed by atoms with Crippen LogP contribution in [0.4, 0.5) is 5.69 Å². The number of halogens is 2. The molecule has 138 valence electrons. The average molecular weight is 395 g/mol. The number of benzene rings is 1. The lowest BCUT2D eigenvalue weighted by atomic mass is 9.81. The monoisotopic (exact) mass is 394 g/mol. The number of hydrogen-bond acceptors (Lipinski definition) is 3. The highest BCUT2D eigenvalue weighted by Gasteiger charge is 2.30. The van der Waals surface area contributed by atoms with Crippen LogP contribution >= 0.6 is 23.2 Å². The lowest BCUT2D eigenvalue weighted by Gasteiger charge is -2.27. The number of anilines is 1. The highest BCUT2D eigenvalue weighted by Crippen LogP contribution is 2.31. The van der Waals surface area contributed by atoms with E-state index in [2.05, 4.69) is 10.6 Å². The summed E-state index contributed by atoms with van der Waals surface area (Å²) in [6.45, 7) is 0.388. The van der Waals surface area contributed by atoms with Crippen molar-refractivity contribution in [2.24, 2.45) is 11.8 Å². The van der Waals surface area contributed by atoms with E-state index in [0.717, 1.165) is 5.76 Å². The smallest absolute Gasteiger partial charge is 0.227 e. The minimum atomic E-state index is -0.126. The zero-order valence-corrected chi connectivity index (χ0v) is 15.6. The first-order valence-electron chi connectivity index (χ1n) is 8.59. The molecule has 0 bridgehead atoms. The molecule has 0 radical (unpaired) electrons. The number of amides is 2. The number of carbonyl (C=O) groups is 2. The Morgan fingerprint density at radius 2 is 1.73 bits per heavy atom. The lowest BCUT2D eigenvalue weighted by Crippen LogP contribution is -2.35. The van der Waals surface area contributed by atoms with Gasteiger partial charge < -0.3 is 15.1 Å². The molecule has 2 aromatic rings. The molecular formula is C19H20Cl2N2O3. The van der Waals surface area contributed by atoms with Gasteiger partial charge in [-0.15, -0.1) is 0 Å². The highest BCUT2D eigenvalue weighted by molar-refractivity contribution is 6.35. The van der Waals surface area contributed by atoms with Gasteiger partial charge in [0.25, 0.3) is 0 Å². The largest absolute Gasteiger partial charge is 0.467 e. The molecule has 3 rings (SSSR count). The fourth-order valence-corrected chi connectivity index (χ4v) is 3.51. The fraction of sp³-hybridized carbons (Fsp3) is 0.368. The van der Waals surface area contributed by atoms with Gasteiger partial charge in [0, 0.05) is 16.9 Å². The molecule has 1 fully saturated rings. The second-order valence-electron chi connectivity index (χ2n) is 6.46. The molecule has 1 heterocycles. The first kappa shape index (κ1) is 18.8. The lowest BCUT2D eigenvalue weighted by molar-refractivity contribution is -0.128. The van der Waals surface area contributed by atoms with Crippen LogP contribution in [0.3, 0.4) is 0 Å². The van der Waals surface area contributed by atoms with Crippen LogP contribution in [0.5, 0.6) is 0 Å². The Balaban J connectivity index is 1.47. The Morgan fingerprint density at radius 1 is 1.04 bits per heavy atom. The van der Waals surface area contributed by atoms with Gasteiger partial charge in [-0.25, -0.2) is 0 Å². The van der Waals surface area contributed by atoms with Gasteiger partial charge in [-0.3, -0.25) is 9.59 Å². The number of rotatable bonds is 5. The molecule has 0 unspecified atom stereocenters. The van der Waals surface area contributed by atoms with Crippen molar-refractivity contribution in [2.75, 3.05) is 5.32 Å². The van der Waals surface area contributed by atoms with Gasteiger partial charge in [0.15, 0.2) is 0 Å². The summed E-state index contributed by atoms with van der Waals surface area (Å²) >= 11 is 12.0. The van der Waals surface area contributed by atoms with Crippen LogP contribution in [-0.4, -0.2) is 11.8 Å². The summed E-state index contributed by atoms with van der Waals surface area (Å²) in [6.07, 6.45) is 4.29. The maximum absolute atomic E-state index is 12.5. The molecule has 0 aliphatic heterocycles. The SMILES string of the molecule is O=C(NCc1ccco1)C1CCC(C(=O)Nc2cc(Cl)ccc2Cl)CC1. The Hall–Kier alpha value is -1.98. The standard InChI is InChI=1S/C19H20Cl2N2O3/c20-14-7-8-16(21)17(10-14)23-19(25)13-5-3-12(4-6-13)18(24)22-11-15-2-1-9-26-15/h1-2,7-10,12-13H,3-6,11H2,(H,22,24)(H,23,25). The van der Waals surface area contributed by atoms with Gasteiger partial charge in [0.1, 0.15) is 5.76 Å². The molecule has 2 amide bonds. The van der Waals surface area contributed by atoms with E-state index in [1.165, 1.54) is 0 Å². The van der Waals surface area contributed by atoms with Crippen LogP contribution in [0.2, 0.25) is 10.0 Å². The van der Waals surface area contributed by atoms with Gasteiger partial charge in [-0.2, -0.15) is 0 Å². The Morgan fingerprint density at radius 3 is 2.38 bits per heavy atom. The van der Waals surface area contributed by atoms with E-state index in [4.69, 9.17) is 27.6 Å². The molecule has 0 saturated heterocycles. The number of furan rings is 1. The van der Waals surface area contributed by atoms with E-state index >= 15 is 0 Å². The van der Waals surface area contributed by atoms with E-state index in [1.807, 2.05) is 6.07 Å². The van der Waals surface area contributed by atoms with E-state index in [9.17, 15) is 9.59 Å².